The molecule has 0 aromatic carbocycles. The molecular weight excluding hydrogens is 148 g/mol. The number of rotatable bonds is 2. The molecule has 0 bridgehead atoms. The first-order valence-corrected chi connectivity index (χ1v) is 3.54. The van der Waals surface area contributed by atoms with Crippen LogP contribution in [0.5, 0.6) is 0 Å². The molecule has 1 rings (SSSR count). The maximum Gasteiger partial charge on any atom is 0.191 e. The lowest BCUT2D eigenvalue weighted by Gasteiger charge is -2.36. The molecule has 0 saturated carbocycles. The van der Waals surface area contributed by atoms with Gasteiger partial charge < -0.3 is 18.9 Å². The van der Waals surface area contributed by atoms with E-state index in [4.69, 9.17) is 18.9 Å². The van der Waals surface area contributed by atoms with Crippen LogP contribution < -0.4 is 0 Å². The summed E-state index contributed by atoms with van der Waals surface area (Å²) in [5, 5.41) is 0. The first kappa shape index (κ1) is 8.93. The van der Waals surface area contributed by atoms with Gasteiger partial charge in [-0.3, -0.25) is 0 Å². The van der Waals surface area contributed by atoms with E-state index in [0.717, 1.165) is 0 Å². The number of methoxy groups -OCH3 is 2. The fourth-order valence-corrected chi connectivity index (χ4v) is 0.910. The first-order chi connectivity index (χ1) is 5.20. The van der Waals surface area contributed by atoms with Crippen molar-refractivity contribution in [3.8, 4) is 0 Å². The molecule has 4 nitrogen and oxygen atoms in total. The molecule has 0 spiro atoms. The predicted octanol–water partition coefficient (Wildman–Crippen LogP) is 0.368. The van der Waals surface area contributed by atoms with Gasteiger partial charge in [-0.15, -0.1) is 0 Å². The van der Waals surface area contributed by atoms with Gasteiger partial charge in [0.05, 0.1) is 6.61 Å². The standard InChI is InChI=1S/C7H14O4/c1-7(9-3)5-10-4-6(8-2)11-7/h6H,4-5H2,1-3H3. The van der Waals surface area contributed by atoms with E-state index in [2.05, 4.69) is 0 Å². The molecular formula is C7H14O4. The second-order valence-electron chi connectivity index (χ2n) is 2.64. The molecule has 1 aliphatic heterocycles. The molecule has 0 radical (unpaired) electrons. The molecule has 0 aromatic rings. The molecule has 1 fully saturated rings. The normalized spacial score (nSPS) is 39.0. The van der Waals surface area contributed by atoms with Crippen LogP contribution in [0.15, 0.2) is 0 Å². The van der Waals surface area contributed by atoms with Gasteiger partial charge >= 0.3 is 0 Å². The van der Waals surface area contributed by atoms with Crippen LogP contribution in [-0.4, -0.2) is 39.5 Å². The maximum absolute atomic E-state index is 5.40. The van der Waals surface area contributed by atoms with Gasteiger partial charge in [-0.1, -0.05) is 0 Å². The predicted molar refractivity (Wildman–Crippen MR) is 38.1 cm³/mol. The Labute approximate surface area is 66.4 Å². The zero-order chi connectivity index (χ0) is 8.32. The van der Waals surface area contributed by atoms with E-state index in [0.29, 0.717) is 13.2 Å². The highest BCUT2D eigenvalue weighted by Gasteiger charge is 2.33. The van der Waals surface area contributed by atoms with Crippen LogP contribution in [0.2, 0.25) is 0 Å². The Morgan fingerprint density at radius 3 is 2.73 bits per heavy atom. The van der Waals surface area contributed by atoms with E-state index in [9.17, 15) is 0 Å². The smallest absolute Gasteiger partial charge is 0.191 e. The van der Waals surface area contributed by atoms with Crippen molar-refractivity contribution in [1.82, 2.24) is 0 Å². The quantitative estimate of drug-likeness (QED) is 0.587. The van der Waals surface area contributed by atoms with E-state index in [-0.39, 0.29) is 6.29 Å². The minimum atomic E-state index is -0.654. The van der Waals surface area contributed by atoms with E-state index < -0.39 is 5.79 Å². The van der Waals surface area contributed by atoms with Crippen molar-refractivity contribution in [1.29, 1.82) is 0 Å². The van der Waals surface area contributed by atoms with Gasteiger partial charge in [0.25, 0.3) is 0 Å². The molecule has 0 aromatic heterocycles. The van der Waals surface area contributed by atoms with Crippen molar-refractivity contribution in [3.63, 3.8) is 0 Å². The monoisotopic (exact) mass is 162 g/mol. The van der Waals surface area contributed by atoms with Crippen molar-refractivity contribution in [2.75, 3.05) is 27.4 Å². The van der Waals surface area contributed by atoms with Gasteiger partial charge in [-0.25, -0.2) is 0 Å². The summed E-state index contributed by atoms with van der Waals surface area (Å²) < 4.78 is 20.7. The third-order valence-electron chi connectivity index (χ3n) is 1.69. The third kappa shape index (κ3) is 2.13. The lowest BCUT2D eigenvalue weighted by molar-refractivity contribution is -0.346. The van der Waals surface area contributed by atoms with Crippen LogP contribution in [0, 0.1) is 0 Å². The summed E-state index contributed by atoms with van der Waals surface area (Å²) >= 11 is 0. The Kier molecular flexibility index (Phi) is 2.84. The van der Waals surface area contributed by atoms with Crippen molar-refractivity contribution in [2.24, 2.45) is 0 Å². The number of ether oxygens (including phenoxy) is 4. The van der Waals surface area contributed by atoms with Gasteiger partial charge in [-0.05, 0) is 6.92 Å². The minimum absolute atomic E-state index is 0.311. The zero-order valence-electron chi connectivity index (χ0n) is 7.12. The van der Waals surface area contributed by atoms with Crippen LogP contribution in [-0.2, 0) is 18.9 Å². The molecule has 2 atom stereocenters. The number of hydrogen-bond acceptors (Lipinski definition) is 4. The average molecular weight is 162 g/mol. The average Bonchev–Trinajstić information content (AvgIpc) is 2.05. The largest absolute Gasteiger partial charge is 0.371 e. The Morgan fingerprint density at radius 2 is 2.18 bits per heavy atom. The Balaban J connectivity index is 2.44. The first-order valence-electron chi connectivity index (χ1n) is 3.54. The zero-order valence-corrected chi connectivity index (χ0v) is 7.12. The molecule has 1 aliphatic rings. The molecule has 0 amide bonds. The summed E-state index contributed by atoms with van der Waals surface area (Å²) in [5.74, 6) is -0.654. The topological polar surface area (TPSA) is 36.9 Å². The number of hydrogen-bond donors (Lipinski definition) is 0. The highest BCUT2D eigenvalue weighted by molar-refractivity contribution is 4.66. The van der Waals surface area contributed by atoms with Crippen molar-refractivity contribution in [2.45, 2.75) is 19.0 Å². The maximum atomic E-state index is 5.40. The Hall–Kier alpha value is -0.160. The fraction of sp³-hybridized carbons (Fsp3) is 1.00. The summed E-state index contributed by atoms with van der Waals surface area (Å²) in [6.45, 7) is 2.73. The third-order valence-corrected chi connectivity index (χ3v) is 1.69. The van der Waals surface area contributed by atoms with E-state index in [1.54, 1.807) is 14.2 Å². The van der Waals surface area contributed by atoms with Crippen LogP contribution >= 0.6 is 0 Å². The Bertz CT molecular complexity index is 128. The highest BCUT2D eigenvalue weighted by Crippen LogP contribution is 2.19. The summed E-state index contributed by atoms with van der Waals surface area (Å²) in [4.78, 5) is 0. The van der Waals surface area contributed by atoms with Crippen LogP contribution in [0.3, 0.4) is 0 Å². The van der Waals surface area contributed by atoms with Gasteiger partial charge in [-0.2, -0.15) is 0 Å². The SMILES string of the molecule is COC1COCC(C)(OC)O1. The molecule has 1 saturated heterocycles. The van der Waals surface area contributed by atoms with Gasteiger partial charge in [0, 0.05) is 14.2 Å². The van der Waals surface area contributed by atoms with E-state index in [1.807, 2.05) is 6.92 Å². The molecule has 0 aliphatic carbocycles. The Morgan fingerprint density at radius 1 is 1.45 bits per heavy atom. The second kappa shape index (κ2) is 3.49. The minimum Gasteiger partial charge on any atom is -0.371 e. The van der Waals surface area contributed by atoms with E-state index >= 15 is 0 Å². The van der Waals surface area contributed by atoms with E-state index in [1.165, 1.54) is 0 Å². The molecule has 4 heteroatoms. The summed E-state index contributed by atoms with van der Waals surface area (Å²) in [6.07, 6.45) is -0.311. The fourth-order valence-electron chi connectivity index (χ4n) is 0.910. The summed E-state index contributed by atoms with van der Waals surface area (Å²) in [6, 6.07) is 0. The van der Waals surface area contributed by atoms with Gasteiger partial charge in [0.15, 0.2) is 12.1 Å². The van der Waals surface area contributed by atoms with Crippen LogP contribution in [0.4, 0.5) is 0 Å². The summed E-state index contributed by atoms with van der Waals surface area (Å²) in [5.41, 5.74) is 0. The van der Waals surface area contributed by atoms with Crippen LogP contribution in [0.25, 0.3) is 0 Å². The van der Waals surface area contributed by atoms with Crippen molar-refractivity contribution >= 4 is 0 Å². The van der Waals surface area contributed by atoms with Gasteiger partial charge in [0.2, 0.25) is 0 Å². The highest BCUT2D eigenvalue weighted by atomic mass is 16.8. The lowest BCUT2D eigenvalue weighted by Crippen LogP contribution is -2.47. The molecule has 1 heterocycles. The summed E-state index contributed by atoms with van der Waals surface area (Å²) in [7, 11) is 3.16. The van der Waals surface area contributed by atoms with Crippen molar-refractivity contribution in [3.05, 3.63) is 0 Å². The molecule has 2 unspecified atom stereocenters. The molecule has 66 valence electrons. The molecule has 11 heavy (non-hydrogen) atoms. The van der Waals surface area contributed by atoms with Gasteiger partial charge in [0.1, 0.15) is 6.61 Å². The second-order valence-corrected chi connectivity index (χ2v) is 2.64. The van der Waals surface area contributed by atoms with Crippen LogP contribution in [0.1, 0.15) is 6.92 Å². The lowest BCUT2D eigenvalue weighted by atomic mass is 10.3. The van der Waals surface area contributed by atoms with Crippen molar-refractivity contribution < 1.29 is 18.9 Å². The molecule has 0 N–H and O–H groups in total.